The number of esters is 2. The number of hydrogen-bond donors (Lipinski definition) is 0. The Morgan fingerprint density at radius 3 is 2.73 bits per heavy atom. The maximum atomic E-state index is 13.4. The summed E-state index contributed by atoms with van der Waals surface area (Å²) in [5, 5.41) is 0.996. The number of cyclic esters (lactones) is 1. The Labute approximate surface area is 196 Å². The fraction of sp³-hybridized carbons (Fsp3) is 0.333. The van der Waals surface area contributed by atoms with Crippen molar-refractivity contribution < 1.29 is 19.1 Å². The van der Waals surface area contributed by atoms with Gasteiger partial charge in [0, 0.05) is 16.5 Å². The third-order valence-corrected chi connectivity index (χ3v) is 6.12. The van der Waals surface area contributed by atoms with E-state index in [9.17, 15) is 14.4 Å². The smallest absolute Gasteiger partial charge is 0.355 e. The Morgan fingerprint density at radius 2 is 2.00 bits per heavy atom. The zero-order chi connectivity index (χ0) is 22.6. The second-order valence-corrected chi connectivity index (χ2v) is 8.47. The standard InChI is InChI=1S/C24H23N3O5.ClH/c1-4-24(32-20(28)12-26(2)3)17-10-19-21-15(9-14-7-5-6-8-18(14)25-21)11-27(19)22(29)16(17)13-31-23(24)30;/h5-10H,4,11-13H2,1-3H3;1H/t24-;/m0./s1. The van der Waals surface area contributed by atoms with Crippen LogP contribution in [0.2, 0.25) is 0 Å². The summed E-state index contributed by atoms with van der Waals surface area (Å²) in [6.45, 7) is 1.99. The first-order chi connectivity index (χ1) is 15.3. The van der Waals surface area contributed by atoms with E-state index in [4.69, 9.17) is 14.5 Å². The molecule has 3 aromatic rings. The summed E-state index contributed by atoms with van der Waals surface area (Å²) >= 11 is 0. The fourth-order valence-electron chi connectivity index (χ4n) is 4.57. The lowest BCUT2D eigenvalue weighted by Gasteiger charge is -2.35. The lowest BCUT2D eigenvalue weighted by atomic mass is 9.85. The van der Waals surface area contributed by atoms with E-state index in [0.717, 1.165) is 16.5 Å². The fourth-order valence-corrected chi connectivity index (χ4v) is 4.57. The molecule has 4 heterocycles. The van der Waals surface area contributed by atoms with Crippen molar-refractivity contribution >= 4 is 35.2 Å². The quantitative estimate of drug-likeness (QED) is 0.424. The molecule has 2 aliphatic heterocycles. The van der Waals surface area contributed by atoms with Gasteiger partial charge >= 0.3 is 11.9 Å². The van der Waals surface area contributed by atoms with Crippen LogP contribution in [-0.2, 0) is 37.8 Å². The summed E-state index contributed by atoms with van der Waals surface area (Å²) in [7, 11) is 3.47. The second-order valence-electron chi connectivity index (χ2n) is 8.47. The molecule has 0 saturated carbocycles. The largest absolute Gasteiger partial charge is 0.457 e. The molecule has 0 saturated heterocycles. The summed E-state index contributed by atoms with van der Waals surface area (Å²) in [4.78, 5) is 45.3. The normalized spacial score (nSPS) is 18.2. The molecule has 8 nitrogen and oxygen atoms in total. The third-order valence-electron chi connectivity index (χ3n) is 6.12. The van der Waals surface area contributed by atoms with Crippen LogP contribution in [0, 0.1) is 0 Å². The van der Waals surface area contributed by atoms with E-state index < -0.39 is 17.5 Å². The van der Waals surface area contributed by atoms with Crippen LogP contribution in [0.4, 0.5) is 0 Å². The van der Waals surface area contributed by atoms with Crippen molar-refractivity contribution in [3.8, 4) is 11.4 Å². The van der Waals surface area contributed by atoms with Gasteiger partial charge < -0.3 is 14.0 Å². The second kappa shape index (κ2) is 8.28. The first kappa shape index (κ1) is 22.9. The molecule has 5 rings (SSSR count). The van der Waals surface area contributed by atoms with Gasteiger partial charge in [-0.05, 0) is 38.7 Å². The molecule has 0 N–H and O–H groups in total. The summed E-state index contributed by atoms with van der Waals surface area (Å²) in [6, 6.07) is 11.6. The van der Waals surface area contributed by atoms with Crippen LogP contribution in [0.1, 0.15) is 30.0 Å². The molecule has 2 aliphatic rings. The van der Waals surface area contributed by atoms with Gasteiger partial charge in [-0.25, -0.2) is 9.78 Å². The molecule has 33 heavy (non-hydrogen) atoms. The minimum Gasteiger partial charge on any atom is -0.457 e. The summed E-state index contributed by atoms with van der Waals surface area (Å²) in [5.41, 5.74) is 1.89. The molecule has 2 aromatic heterocycles. The minimum absolute atomic E-state index is 0. The molecule has 1 atom stereocenters. The number of likely N-dealkylation sites (N-methyl/N-ethyl adjacent to an activating group) is 1. The summed E-state index contributed by atoms with van der Waals surface area (Å²) in [6.07, 6.45) is 0.152. The van der Waals surface area contributed by atoms with Crippen LogP contribution in [0.15, 0.2) is 41.2 Å². The number of aromatic nitrogens is 2. The van der Waals surface area contributed by atoms with E-state index in [1.54, 1.807) is 36.6 Å². The average molecular weight is 470 g/mol. The van der Waals surface area contributed by atoms with Crippen molar-refractivity contribution in [1.29, 1.82) is 0 Å². The lowest BCUT2D eigenvalue weighted by molar-refractivity contribution is -0.189. The predicted octanol–water partition coefficient (Wildman–Crippen LogP) is 2.61. The number of benzene rings is 1. The Hall–Kier alpha value is -3.23. The Kier molecular flexibility index (Phi) is 5.76. The van der Waals surface area contributed by atoms with E-state index in [1.807, 2.05) is 30.3 Å². The Balaban J connectivity index is 0.00000259. The van der Waals surface area contributed by atoms with Crippen molar-refractivity contribution in [3.05, 3.63) is 63.4 Å². The van der Waals surface area contributed by atoms with E-state index >= 15 is 0 Å². The van der Waals surface area contributed by atoms with Gasteiger partial charge in [0.25, 0.3) is 5.56 Å². The highest BCUT2D eigenvalue weighted by Crippen LogP contribution is 2.40. The topological polar surface area (TPSA) is 90.7 Å². The number of fused-ring (bicyclic) bond motifs is 5. The van der Waals surface area contributed by atoms with Crippen molar-refractivity contribution in [2.24, 2.45) is 0 Å². The Morgan fingerprint density at radius 1 is 1.24 bits per heavy atom. The van der Waals surface area contributed by atoms with Crippen LogP contribution in [0.25, 0.3) is 22.3 Å². The molecule has 0 aliphatic carbocycles. The summed E-state index contributed by atoms with van der Waals surface area (Å²) < 4.78 is 12.7. The average Bonchev–Trinajstić information content (AvgIpc) is 3.11. The Bertz CT molecular complexity index is 1350. The van der Waals surface area contributed by atoms with Crippen LogP contribution in [-0.4, -0.2) is 47.0 Å². The molecule has 0 spiro atoms. The van der Waals surface area contributed by atoms with Gasteiger partial charge in [0.2, 0.25) is 5.60 Å². The predicted molar refractivity (Wildman–Crippen MR) is 124 cm³/mol. The van der Waals surface area contributed by atoms with Crippen LogP contribution < -0.4 is 5.56 Å². The van der Waals surface area contributed by atoms with Crippen LogP contribution in [0.3, 0.4) is 0 Å². The van der Waals surface area contributed by atoms with Crippen LogP contribution >= 0.6 is 12.4 Å². The third kappa shape index (κ3) is 3.50. The van der Waals surface area contributed by atoms with Gasteiger partial charge in [-0.15, -0.1) is 12.4 Å². The number of para-hydroxylation sites is 1. The first-order valence-corrected chi connectivity index (χ1v) is 10.5. The van der Waals surface area contributed by atoms with Gasteiger partial charge in [-0.3, -0.25) is 14.5 Å². The van der Waals surface area contributed by atoms with E-state index in [-0.39, 0.29) is 37.5 Å². The monoisotopic (exact) mass is 469 g/mol. The van der Waals surface area contributed by atoms with E-state index in [0.29, 0.717) is 29.1 Å². The molecule has 1 aromatic carbocycles. The van der Waals surface area contributed by atoms with Gasteiger partial charge in [-0.1, -0.05) is 25.1 Å². The highest BCUT2D eigenvalue weighted by Gasteiger charge is 2.50. The zero-order valence-corrected chi connectivity index (χ0v) is 19.4. The van der Waals surface area contributed by atoms with Crippen molar-refractivity contribution in [3.63, 3.8) is 0 Å². The summed E-state index contributed by atoms with van der Waals surface area (Å²) in [5.74, 6) is -1.22. The number of hydrogen-bond acceptors (Lipinski definition) is 7. The zero-order valence-electron chi connectivity index (χ0n) is 18.6. The molecule has 0 amide bonds. The van der Waals surface area contributed by atoms with E-state index in [1.165, 1.54) is 0 Å². The number of rotatable bonds is 4. The maximum Gasteiger partial charge on any atom is 0.355 e. The highest BCUT2D eigenvalue weighted by atomic mass is 35.5. The number of carbonyl (C=O) groups is 2. The molecule has 9 heteroatoms. The number of nitrogens with zero attached hydrogens (tertiary/aromatic N) is 3. The van der Waals surface area contributed by atoms with Crippen molar-refractivity contribution in [2.45, 2.75) is 32.1 Å². The van der Waals surface area contributed by atoms with Gasteiger partial charge in [0.05, 0.1) is 35.6 Å². The lowest BCUT2D eigenvalue weighted by Crippen LogP contribution is -2.48. The SMILES string of the molecule is CC[C@@]1(OC(=O)CN(C)C)C(=O)OCc2c1cc1n(c2=O)Cc2cc3ccccc3nc2-1.Cl. The molecule has 172 valence electrons. The van der Waals surface area contributed by atoms with Gasteiger partial charge in [0.15, 0.2) is 0 Å². The highest BCUT2D eigenvalue weighted by molar-refractivity contribution is 5.88. The van der Waals surface area contributed by atoms with Crippen LogP contribution in [0.5, 0.6) is 0 Å². The molecule has 0 fully saturated rings. The van der Waals surface area contributed by atoms with E-state index in [2.05, 4.69) is 0 Å². The van der Waals surface area contributed by atoms with Gasteiger partial charge in [-0.2, -0.15) is 0 Å². The van der Waals surface area contributed by atoms with Gasteiger partial charge in [0.1, 0.15) is 6.61 Å². The maximum absolute atomic E-state index is 13.4. The number of ether oxygens (including phenoxy) is 2. The van der Waals surface area contributed by atoms with Crippen molar-refractivity contribution in [2.75, 3.05) is 20.6 Å². The molecule has 0 bridgehead atoms. The molecule has 0 radical (unpaired) electrons. The molecular formula is C24H24ClN3O5. The number of carbonyl (C=O) groups excluding carboxylic acids is 2. The number of halogens is 1. The molecule has 0 unspecified atom stereocenters. The van der Waals surface area contributed by atoms with Crippen molar-refractivity contribution in [1.82, 2.24) is 14.5 Å². The first-order valence-electron chi connectivity index (χ1n) is 10.5. The minimum atomic E-state index is -1.66. The molecular weight excluding hydrogens is 446 g/mol. The number of pyridine rings is 2.